The first-order chi connectivity index (χ1) is 12.3. The highest BCUT2D eigenvalue weighted by atomic mass is 16.5. The number of benzene rings is 1. The Bertz CT molecular complexity index is 655. The molecule has 0 aliphatic carbocycles. The minimum Gasteiger partial charge on any atom is -0.493 e. The maximum atomic E-state index is 5.33. The van der Waals surface area contributed by atoms with Gasteiger partial charge < -0.3 is 24.7 Å². The van der Waals surface area contributed by atoms with Gasteiger partial charge in [0.15, 0.2) is 17.5 Å². The number of guanidine groups is 1. The first-order valence-corrected chi connectivity index (χ1v) is 8.45. The van der Waals surface area contributed by atoms with Gasteiger partial charge in [0, 0.05) is 32.0 Å². The van der Waals surface area contributed by atoms with Crippen LogP contribution in [0, 0.1) is 0 Å². The Morgan fingerprint density at radius 2 is 2.04 bits per heavy atom. The minimum absolute atomic E-state index is 0.567. The summed E-state index contributed by atoms with van der Waals surface area (Å²) in [5, 5.41) is 6.62. The van der Waals surface area contributed by atoms with Crippen LogP contribution in [0.3, 0.4) is 0 Å². The fourth-order valence-corrected chi connectivity index (χ4v) is 2.38. The van der Waals surface area contributed by atoms with Gasteiger partial charge in [-0.3, -0.25) is 0 Å². The molecular weight excluding hydrogens is 318 g/mol. The summed E-state index contributed by atoms with van der Waals surface area (Å²) >= 11 is 0. The maximum Gasteiger partial charge on any atom is 0.191 e. The molecule has 0 saturated heterocycles. The molecule has 0 aliphatic rings. The molecule has 2 rings (SSSR count). The Kier molecular flexibility index (Phi) is 7.62. The largest absolute Gasteiger partial charge is 0.493 e. The summed E-state index contributed by atoms with van der Waals surface area (Å²) in [7, 11) is 3.27. The lowest BCUT2D eigenvalue weighted by atomic mass is 10.2. The molecule has 7 heteroatoms. The van der Waals surface area contributed by atoms with E-state index >= 15 is 0 Å². The van der Waals surface area contributed by atoms with Gasteiger partial charge in [-0.25, -0.2) is 9.98 Å². The van der Waals surface area contributed by atoms with E-state index < -0.39 is 0 Å². The molecule has 1 aromatic heterocycles. The van der Waals surface area contributed by atoms with Crippen LogP contribution in [0.1, 0.15) is 18.9 Å². The summed E-state index contributed by atoms with van der Waals surface area (Å²) in [5.41, 5.74) is 1.06. The molecule has 7 nitrogen and oxygen atoms in total. The highest BCUT2D eigenvalue weighted by molar-refractivity contribution is 5.79. The number of aryl methyl sites for hydroxylation is 1. The van der Waals surface area contributed by atoms with Crippen molar-refractivity contribution in [2.45, 2.75) is 26.4 Å². The molecule has 1 aromatic carbocycles. The van der Waals surface area contributed by atoms with Crippen LogP contribution in [0.2, 0.25) is 0 Å². The fourth-order valence-electron chi connectivity index (χ4n) is 2.38. The number of ether oxygens (including phenoxy) is 2. The van der Waals surface area contributed by atoms with E-state index in [4.69, 9.17) is 9.47 Å². The van der Waals surface area contributed by atoms with E-state index in [9.17, 15) is 0 Å². The fraction of sp³-hybridized carbons (Fsp3) is 0.444. The quantitative estimate of drug-likeness (QED) is 0.413. The van der Waals surface area contributed by atoms with Crippen molar-refractivity contribution in [3.05, 3.63) is 42.5 Å². The molecular formula is C18H27N5O2. The molecule has 0 radical (unpaired) electrons. The van der Waals surface area contributed by atoms with Crippen LogP contribution in [0.4, 0.5) is 0 Å². The second kappa shape index (κ2) is 10.2. The third-order valence-electron chi connectivity index (χ3n) is 3.66. The van der Waals surface area contributed by atoms with Crippen LogP contribution in [0.15, 0.2) is 41.9 Å². The van der Waals surface area contributed by atoms with Crippen LogP contribution < -0.4 is 20.1 Å². The summed E-state index contributed by atoms with van der Waals surface area (Å²) in [6.45, 7) is 5.22. The van der Waals surface area contributed by atoms with Gasteiger partial charge in [-0.05, 0) is 31.0 Å². The number of nitrogens with one attached hydrogen (secondary N) is 2. The number of methoxy groups -OCH3 is 2. The second-order valence-electron chi connectivity index (χ2n) is 5.47. The Balaban J connectivity index is 1.87. The summed E-state index contributed by atoms with van der Waals surface area (Å²) in [6, 6.07) is 5.84. The number of rotatable bonds is 9. The molecule has 2 N–H and O–H groups in total. The lowest BCUT2D eigenvalue weighted by Gasteiger charge is -2.12. The Morgan fingerprint density at radius 3 is 2.72 bits per heavy atom. The molecule has 25 heavy (non-hydrogen) atoms. The summed E-state index contributed by atoms with van der Waals surface area (Å²) in [4.78, 5) is 8.67. The number of aromatic nitrogens is 2. The normalized spacial score (nSPS) is 11.2. The van der Waals surface area contributed by atoms with Gasteiger partial charge in [-0.1, -0.05) is 6.07 Å². The van der Waals surface area contributed by atoms with E-state index in [2.05, 4.69) is 32.1 Å². The average molecular weight is 345 g/mol. The summed E-state index contributed by atoms with van der Waals surface area (Å²) < 4.78 is 12.7. The predicted molar refractivity (Wildman–Crippen MR) is 99.2 cm³/mol. The second-order valence-corrected chi connectivity index (χ2v) is 5.47. The van der Waals surface area contributed by atoms with Crippen LogP contribution in [-0.4, -0.2) is 42.8 Å². The van der Waals surface area contributed by atoms with Crippen molar-refractivity contribution in [1.82, 2.24) is 20.2 Å². The number of nitrogens with zero attached hydrogens (tertiary/aromatic N) is 3. The van der Waals surface area contributed by atoms with Gasteiger partial charge in [0.1, 0.15) is 0 Å². The molecule has 0 spiro atoms. The average Bonchev–Trinajstić information content (AvgIpc) is 3.16. The number of imidazole rings is 1. The summed E-state index contributed by atoms with van der Waals surface area (Å²) in [6.07, 6.45) is 6.59. The monoisotopic (exact) mass is 345 g/mol. The maximum absolute atomic E-state index is 5.33. The lowest BCUT2D eigenvalue weighted by Crippen LogP contribution is -2.38. The van der Waals surface area contributed by atoms with Crippen LogP contribution in [0.25, 0.3) is 0 Å². The van der Waals surface area contributed by atoms with Gasteiger partial charge in [0.2, 0.25) is 0 Å². The highest BCUT2D eigenvalue weighted by Gasteiger charge is 2.04. The van der Waals surface area contributed by atoms with Gasteiger partial charge >= 0.3 is 0 Å². The first-order valence-electron chi connectivity index (χ1n) is 8.45. The van der Waals surface area contributed by atoms with Crippen LogP contribution in [0.5, 0.6) is 11.5 Å². The van der Waals surface area contributed by atoms with Crippen molar-refractivity contribution in [2.24, 2.45) is 4.99 Å². The minimum atomic E-state index is 0.567. The third-order valence-corrected chi connectivity index (χ3v) is 3.66. The Labute approximate surface area is 149 Å². The molecule has 0 atom stereocenters. The van der Waals surface area contributed by atoms with Crippen molar-refractivity contribution < 1.29 is 9.47 Å². The van der Waals surface area contributed by atoms with E-state index in [0.717, 1.165) is 43.3 Å². The standard InChI is InChI=1S/C18H27N5O2/c1-4-20-18(21-8-5-10-23-11-9-19-14-23)22-13-15-6-7-16(24-2)17(12-15)25-3/h6-7,9,11-12,14H,4-5,8,10,13H2,1-3H3,(H2,20,21,22). The van der Waals surface area contributed by atoms with E-state index in [1.54, 1.807) is 20.4 Å². The van der Waals surface area contributed by atoms with E-state index in [1.807, 2.05) is 30.7 Å². The smallest absolute Gasteiger partial charge is 0.191 e. The molecule has 0 bridgehead atoms. The van der Waals surface area contributed by atoms with Gasteiger partial charge in [0.05, 0.1) is 27.1 Å². The molecule has 1 heterocycles. The van der Waals surface area contributed by atoms with Crippen LogP contribution >= 0.6 is 0 Å². The number of hydrogen-bond acceptors (Lipinski definition) is 4. The molecule has 0 unspecified atom stereocenters. The Morgan fingerprint density at radius 1 is 1.20 bits per heavy atom. The lowest BCUT2D eigenvalue weighted by molar-refractivity contribution is 0.354. The SMILES string of the molecule is CCNC(=NCc1ccc(OC)c(OC)c1)NCCCn1ccnc1. The van der Waals surface area contributed by atoms with Gasteiger partial charge in [-0.2, -0.15) is 0 Å². The zero-order chi connectivity index (χ0) is 17.9. The van der Waals surface area contributed by atoms with Crippen molar-refractivity contribution in [1.29, 1.82) is 0 Å². The number of hydrogen-bond donors (Lipinski definition) is 2. The Hall–Kier alpha value is -2.70. The van der Waals surface area contributed by atoms with E-state index in [0.29, 0.717) is 12.3 Å². The topological polar surface area (TPSA) is 72.7 Å². The van der Waals surface area contributed by atoms with E-state index in [-0.39, 0.29) is 0 Å². The molecule has 2 aromatic rings. The molecule has 0 aliphatic heterocycles. The van der Waals surface area contributed by atoms with Crippen molar-refractivity contribution >= 4 is 5.96 Å². The summed E-state index contributed by atoms with van der Waals surface area (Å²) in [5.74, 6) is 2.25. The number of aliphatic imine (C=N–C) groups is 1. The van der Waals surface area contributed by atoms with Gasteiger partial charge in [0.25, 0.3) is 0 Å². The zero-order valence-corrected chi connectivity index (χ0v) is 15.2. The van der Waals surface area contributed by atoms with Crippen molar-refractivity contribution in [3.8, 4) is 11.5 Å². The van der Waals surface area contributed by atoms with Crippen LogP contribution in [-0.2, 0) is 13.1 Å². The zero-order valence-electron chi connectivity index (χ0n) is 15.2. The highest BCUT2D eigenvalue weighted by Crippen LogP contribution is 2.27. The molecule has 0 saturated carbocycles. The first kappa shape index (κ1) is 18.6. The molecule has 136 valence electrons. The predicted octanol–water partition coefficient (Wildman–Crippen LogP) is 2.05. The van der Waals surface area contributed by atoms with Crippen molar-refractivity contribution in [2.75, 3.05) is 27.3 Å². The van der Waals surface area contributed by atoms with E-state index in [1.165, 1.54) is 0 Å². The van der Waals surface area contributed by atoms with Crippen molar-refractivity contribution in [3.63, 3.8) is 0 Å². The molecule has 0 fully saturated rings. The molecule has 0 amide bonds. The van der Waals surface area contributed by atoms with Gasteiger partial charge in [-0.15, -0.1) is 0 Å². The third kappa shape index (κ3) is 6.02.